The molecule has 0 N–H and O–H groups in total. The smallest absolute Gasteiger partial charge is 0.0219 e. The standard InChI is InChI=1S/C28H55N/c1-6-10-14-16-20-26(19-15-11-7-2)29-27(22-21-25-23-28(25,29)5)24(17-12-8-3)18-13-9-4/h24-27H,6-23H2,1-5H3. The van der Waals surface area contributed by atoms with Gasteiger partial charge in [0.2, 0.25) is 0 Å². The van der Waals surface area contributed by atoms with E-state index < -0.39 is 0 Å². The van der Waals surface area contributed by atoms with Gasteiger partial charge in [-0.1, -0.05) is 98.3 Å². The fourth-order valence-electron chi connectivity index (χ4n) is 6.53. The van der Waals surface area contributed by atoms with Crippen LogP contribution in [0, 0.1) is 11.8 Å². The van der Waals surface area contributed by atoms with Crippen LogP contribution in [0.5, 0.6) is 0 Å². The van der Waals surface area contributed by atoms with Gasteiger partial charge >= 0.3 is 0 Å². The summed E-state index contributed by atoms with van der Waals surface area (Å²) in [7, 11) is 0. The van der Waals surface area contributed by atoms with Gasteiger partial charge in [0.1, 0.15) is 0 Å². The third kappa shape index (κ3) is 7.26. The predicted octanol–water partition coefficient (Wildman–Crippen LogP) is 9.15. The van der Waals surface area contributed by atoms with Gasteiger partial charge in [0.25, 0.3) is 0 Å². The first kappa shape index (κ1) is 25.2. The minimum absolute atomic E-state index is 0.557. The first-order valence-electron chi connectivity index (χ1n) is 13.9. The van der Waals surface area contributed by atoms with Crippen LogP contribution >= 0.6 is 0 Å². The molecule has 1 heteroatoms. The molecule has 1 saturated carbocycles. The molecule has 172 valence electrons. The Hall–Kier alpha value is -0.0400. The Morgan fingerprint density at radius 3 is 1.83 bits per heavy atom. The molecule has 0 aromatic rings. The zero-order chi connectivity index (χ0) is 21.1. The maximum Gasteiger partial charge on any atom is 0.0219 e. The van der Waals surface area contributed by atoms with E-state index in [9.17, 15) is 0 Å². The molecule has 4 atom stereocenters. The second-order valence-corrected chi connectivity index (χ2v) is 10.9. The highest BCUT2D eigenvalue weighted by molar-refractivity contribution is 5.15. The van der Waals surface area contributed by atoms with Crippen LogP contribution in [-0.2, 0) is 0 Å². The van der Waals surface area contributed by atoms with E-state index in [0.29, 0.717) is 5.54 Å². The SMILES string of the molecule is CCCCCCC(CCCCC)N1C(C(CCCC)CCCC)CCC2CC21C. The highest BCUT2D eigenvalue weighted by Gasteiger charge is 2.60. The summed E-state index contributed by atoms with van der Waals surface area (Å²) < 4.78 is 0. The van der Waals surface area contributed by atoms with Crippen LogP contribution in [0.15, 0.2) is 0 Å². The zero-order valence-electron chi connectivity index (χ0n) is 21.0. The van der Waals surface area contributed by atoms with E-state index in [4.69, 9.17) is 0 Å². The quantitative estimate of drug-likeness (QED) is 0.218. The van der Waals surface area contributed by atoms with E-state index in [0.717, 1.165) is 23.9 Å². The molecule has 4 unspecified atom stereocenters. The largest absolute Gasteiger partial charge is 0.291 e. The third-order valence-corrected chi connectivity index (χ3v) is 8.46. The minimum Gasteiger partial charge on any atom is -0.291 e. The molecule has 2 rings (SSSR count). The van der Waals surface area contributed by atoms with Crippen LogP contribution in [0.1, 0.15) is 150 Å². The molecule has 1 nitrogen and oxygen atoms in total. The van der Waals surface area contributed by atoms with Crippen LogP contribution in [-0.4, -0.2) is 22.5 Å². The molecule has 0 amide bonds. The second-order valence-electron chi connectivity index (χ2n) is 10.9. The Morgan fingerprint density at radius 2 is 1.24 bits per heavy atom. The predicted molar refractivity (Wildman–Crippen MR) is 131 cm³/mol. The Bertz CT molecular complexity index is 411. The number of unbranched alkanes of at least 4 members (excludes halogenated alkanes) is 7. The number of rotatable bonds is 17. The van der Waals surface area contributed by atoms with Gasteiger partial charge in [-0.2, -0.15) is 0 Å². The molecule has 2 aliphatic rings. The summed E-state index contributed by atoms with van der Waals surface area (Å²) in [6, 6.07) is 1.75. The van der Waals surface area contributed by atoms with Crippen LogP contribution < -0.4 is 0 Å². The average Bonchev–Trinajstić information content (AvgIpc) is 3.41. The van der Waals surface area contributed by atoms with Gasteiger partial charge in [-0.05, 0) is 63.7 Å². The minimum atomic E-state index is 0.557. The summed E-state index contributed by atoms with van der Waals surface area (Å²) in [4.78, 5) is 3.19. The van der Waals surface area contributed by atoms with Crippen molar-refractivity contribution in [1.29, 1.82) is 0 Å². The van der Waals surface area contributed by atoms with E-state index in [2.05, 4.69) is 39.5 Å². The summed E-state index contributed by atoms with van der Waals surface area (Å²) in [6.45, 7) is 12.1. The first-order chi connectivity index (χ1) is 14.1. The Labute approximate surface area is 184 Å². The molecule has 0 aromatic carbocycles. The van der Waals surface area contributed by atoms with Crippen molar-refractivity contribution in [3.05, 3.63) is 0 Å². The number of piperidine rings is 1. The van der Waals surface area contributed by atoms with Crippen molar-refractivity contribution >= 4 is 0 Å². The Balaban J connectivity index is 2.15. The van der Waals surface area contributed by atoms with E-state index in [-0.39, 0.29) is 0 Å². The van der Waals surface area contributed by atoms with Crippen molar-refractivity contribution in [2.75, 3.05) is 0 Å². The zero-order valence-corrected chi connectivity index (χ0v) is 21.0. The van der Waals surface area contributed by atoms with Gasteiger partial charge in [0, 0.05) is 17.6 Å². The Kier molecular flexibility index (Phi) is 11.6. The lowest BCUT2D eigenvalue weighted by Gasteiger charge is -2.49. The van der Waals surface area contributed by atoms with Crippen molar-refractivity contribution < 1.29 is 0 Å². The molecule has 1 aliphatic carbocycles. The van der Waals surface area contributed by atoms with Gasteiger partial charge < -0.3 is 0 Å². The van der Waals surface area contributed by atoms with Crippen molar-refractivity contribution in [3.63, 3.8) is 0 Å². The molecule has 0 aromatic heterocycles. The van der Waals surface area contributed by atoms with Crippen molar-refractivity contribution in [2.24, 2.45) is 11.8 Å². The van der Waals surface area contributed by atoms with E-state index in [1.54, 1.807) is 0 Å². The number of hydrogen-bond donors (Lipinski definition) is 0. The molecule has 0 radical (unpaired) electrons. The van der Waals surface area contributed by atoms with Gasteiger partial charge in [-0.25, -0.2) is 0 Å². The average molecular weight is 406 g/mol. The second kappa shape index (κ2) is 13.4. The topological polar surface area (TPSA) is 3.24 Å². The van der Waals surface area contributed by atoms with Crippen molar-refractivity contribution in [3.8, 4) is 0 Å². The van der Waals surface area contributed by atoms with Gasteiger partial charge in [-0.3, -0.25) is 4.90 Å². The fourth-order valence-corrected chi connectivity index (χ4v) is 6.53. The lowest BCUT2D eigenvalue weighted by Crippen LogP contribution is -2.55. The molecule has 1 aliphatic heterocycles. The third-order valence-electron chi connectivity index (χ3n) is 8.46. The van der Waals surface area contributed by atoms with Crippen molar-refractivity contribution in [2.45, 2.75) is 168 Å². The highest BCUT2D eigenvalue weighted by Crippen LogP contribution is 2.58. The van der Waals surface area contributed by atoms with Gasteiger partial charge in [0.15, 0.2) is 0 Å². The normalized spacial score (nSPS) is 27.9. The van der Waals surface area contributed by atoms with Crippen LogP contribution in [0.2, 0.25) is 0 Å². The summed E-state index contributed by atoms with van der Waals surface area (Å²) >= 11 is 0. The van der Waals surface area contributed by atoms with Gasteiger partial charge in [-0.15, -0.1) is 0 Å². The molecule has 2 fully saturated rings. The lowest BCUT2D eigenvalue weighted by atomic mass is 9.80. The highest BCUT2D eigenvalue weighted by atomic mass is 15.3. The van der Waals surface area contributed by atoms with E-state index in [1.165, 1.54) is 116 Å². The van der Waals surface area contributed by atoms with Crippen LogP contribution in [0.4, 0.5) is 0 Å². The van der Waals surface area contributed by atoms with Crippen LogP contribution in [0.25, 0.3) is 0 Å². The molecular formula is C28H55N. The molecule has 29 heavy (non-hydrogen) atoms. The molecule has 1 heterocycles. The molecule has 0 bridgehead atoms. The summed E-state index contributed by atoms with van der Waals surface area (Å²) in [5.74, 6) is 1.97. The lowest BCUT2D eigenvalue weighted by molar-refractivity contribution is -0.00982. The number of nitrogens with zero attached hydrogens (tertiary/aromatic N) is 1. The maximum absolute atomic E-state index is 3.19. The Morgan fingerprint density at radius 1 is 0.690 bits per heavy atom. The number of hydrogen-bond acceptors (Lipinski definition) is 1. The fraction of sp³-hybridized carbons (Fsp3) is 1.00. The molecule has 0 spiro atoms. The number of likely N-dealkylation sites (tertiary alicyclic amines) is 1. The number of fused-ring (bicyclic) bond motifs is 1. The monoisotopic (exact) mass is 405 g/mol. The molecular weight excluding hydrogens is 350 g/mol. The van der Waals surface area contributed by atoms with E-state index in [1.807, 2.05) is 0 Å². The summed E-state index contributed by atoms with van der Waals surface area (Å²) in [5.41, 5.74) is 0.557. The molecule has 1 saturated heterocycles. The van der Waals surface area contributed by atoms with Crippen molar-refractivity contribution in [1.82, 2.24) is 4.90 Å². The van der Waals surface area contributed by atoms with Gasteiger partial charge in [0.05, 0.1) is 0 Å². The summed E-state index contributed by atoms with van der Waals surface area (Å²) in [5, 5.41) is 0. The van der Waals surface area contributed by atoms with Crippen LogP contribution in [0.3, 0.4) is 0 Å². The first-order valence-corrected chi connectivity index (χ1v) is 13.9. The summed E-state index contributed by atoms with van der Waals surface area (Å²) in [6.07, 6.45) is 26.0. The maximum atomic E-state index is 3.19. The van der Waals surface area contributed by atoms with E-state index >= 15 is 0 Å².